The van der Waals surface area contributed by atoms with Crippen LogP contribution in [0.5, 0.6) is 0 Å². The smallest absolute Gasteiger partial charge is 0.0270 e. The van der Waals surface area contributed by atoms with Gasteiger partial charge in [0.2, 0.25) is 0 Å². The molecule has 0 radical (unpaired) electrons. The zero-order valence-electron chi connectivity index (χ0n) is 14.1. The summed E-state index contributed by atoms with van der Waals surface area (Å²) in [6, 6.07) is 4.92. The number of hydrogen-bond donors (Lipinski definition) is 1. The van der Waals surface area contributed by atoms with Crippen LogP contribution < -0.4 is 5.32 Å². The third kappa shape index (κ3) is 9.62. The van der Waals surface area contributed by atoms with Gasteiger partial charge in [0.1, 0.15) is 0 Å². The molecule has 2 heteroatoms. The maximum absolute atomic E-state index is 4.07. The van der Waals surface area contributed by atoms with Gasteiger partial charge in [0.15, 0.2) is 0 Å². The summed E-state index contributed by atoms with van der Waals surface area (Å²) in [6.45, 7) is 2.28. The van der Waals surface area contributed by atoms with E-state index in [2.05, 4.69) is 36.4 Å². The minimum absolute atomic E-state index is 0.665. The van der Waals surface area contributed by atoms with Gasteiger partial charge in [-0.15, -0.1) is 0 Å². The highest BCUT2D eigenvalue weighted by atomic mass is 14.9. The fourth-order valence-electron chi connectivity index (χ4n) is 2.85. The van der Waals surface area contributed by atoms with Crippen LogP contribution in [-0.4, -0.2) is 18.1 Å². The monoisotopic (exact) mass is 290 g/mol. The Bertz CT molecular complexity index is 324. The minimum Gasteiger partial charge on any atom is -0.317 e. The Morgan fingerprint density at radius 2 is 1.52 bits per heavy atom. The molecule has 120 valence electrons. The molecule has 21 heavy (non-hydrogen) atoms. The molecule has 0 aliphatic rings. The van der Waals surface area contributed by atoms with Crippen LogP contribution in [0.15, 0.2) is 24.5 Å². The lowest BCUT2D eigenvalue weighted by atomic mass is 10.00. The SMILES string of the molecule is CCCCCCCCCCC(CCc1ccncc1)NC. The molecule has 0 amide bonds. The predicted octanol–water partition coefficient (Wildman–Crippen LogP) is 5.13. The lowest BCUT2D eigenvalue weighted by Crippen LogP contribution is -2.25. The maximum atomic E-state index is 4.07. The van der Waals surface area contributed by atoms with Gasteiger partial charge in [-0.2, -0.15) is 0 Å². The van der Waals surface area contributed by atoms with Crippen molar-refractivity contribution in [3.05, 3.63) is 30.1 Å². The van der Waals surface area contributed by atoms with Crippen molar-refractivity contribution in [2.75, 3.05) is 7.05 Å². The van der Waals surface area contributed by atoms with Crippen molar-refractivity contribution in [1.29, 1.82) is 0 Å². The third-order valence-electron chi connectivity index (χ3n) is 4.35. The number of pyridine rings is 1. The number of aryl methyl sites for hydroxylation is 1. The Balaban J connectivity index is 2.01. The van der Waals surface area contributed by atoms with E-state index in [-0.39, 0.29) is 0 Å². The fraction of sp³-hybridized carbons (Fsp3) is 0.737. The molecular formula is C19H34N2. The zero-order valence-corrected chi connectivity index (χ0v) is 14.1. The topological polar surface area (TPSA) is 24.9 Å². The standard InChI is InChI=1S/C19H34N2/c1-3-4-5-6-7-8-9-10-11-19(20-2)13-12-18-14-16-21-17-15-18/h14-17,19-20H,3-13H2,1-2H3. The summed E-state index contributed by atoms with van der Waals surface area (Å²) in [5.41, 5.74) is 1.40. The maximum Gasteiger partial charge on any atom is 0.0270 e. The number of rotatable bonds is 13. The van der Waals surface area contributed by atoms with E-state index in [1.807, 2.05) is 12.4 Å². The molecule has 0 spiro atoms. The van der Waals surface area contributed by atoms with E-state index >= 15 is 0 Å². The van der Waals surface area contributed by atoms with Gasteiger partial charge in [0, 0.05) is 18.4 Å². The zero-order chi connectivity index (χ0) is 15.2. The molecule has 0 fully saturated rings. The van der Waals surface area contributed by atoms with E-state index in [9.17, 15) is 0 Å². The van der Waals surface area contributed by atoms with E-state index < -0.39 is 0 Å². The Hall–Kier alpha value is -0.890. The summed E-state index contributed by atoms with van der Waals surface area (Å²) in [5, 5.41) is 3.48. The second-order valence-electron chi connectivity index (χ2n) is 6.14. The number of aromatic nitrogens is 1. The van der Waals surface area contributed by atoms with Crippen molar-refractivity contribution in [3.63, 3.8) is 0 Å². The lowest BCUT2D eigenvalue weighted by Gasteiger charge is -2.16. The van der Waals surface area contributed by atoms with Crippen LogP contribution in [0, 0.1) is 0 Å². The van der Waals surface area contributed by atoms with Gasteiger partial charge >= 0.3 is 0 Å². The van der Waals surface area contributed by atoms with E-state index in [0.717, 1.165) is 6.42 Å². The van der Waals surface area contributed by atoms with Gasteiger partial charge in [-0.05, 0) is 44.0 Å². The van der Waals surface area contributed by atoms with Crippen LogP contribution in [-0.2, 0) is 6.42 Å². The van der Waals surface area contributed by atoms with Gasteiger partial charge in [0.25, 0.3) is 0 Å². The third-order valence-corrected chi connectivity index (χ3v) is 4.35. The van der Waals surface area contributed by atoms with Gasteiger partial charge in [-0.1, -0.05) is 58.3 Å². The molecule has 0 aromatic carbocycles. The molecule has 1 atom stereocenters. The van der Waals surface area contributed by atoms with Crippen LogP contribution in [0.4, 0.5) is 0 Å². The first-order valence-electron chi connectivity index (χ1n) is 8.93. The summed E-state index contributed by atoms with van der Waals surface area (Å²) in [7, 11) is 2.10. The molecule has 0 aliphatic carbocycles. The van der Waals surface area contributed by atoms with E-state index in [1.54, 1.807) is 0 Å². The molecule has 1 heterocycles. The largest absolute Gasteiger partial charge is 0.317 e. The van der Waals surface area contributed by atoms with Crippen molar-refractivity contribution in [3.8, 4) is 0 Å². The van der Waals surface area contributed by atoms with Gasteiger partial charge in [-0.25, -0.2) is 0 Å². The Morgan fingerprint density at radius 1 is 0.905 bits per heavy atom. The normalized spacial score (nSPS) is 12.5. The van der Waals surface area contributed by atoms with Crippen molar-refractivity contribution < 1.29 is 0 Å². The van der Waals surface area contributed by atoms with Crippen LogP contribution in [0.1, 0.15) is 76.7 Å². The van der Waals surface area contributed by atoms with Gasteiger partial charge in [0.05, 0.1) is 0 Å². The molecule has 0 bridgehead atoms. The molecule has 1 rings (SSSR count). The molecule has 0 saturated carbocycles. The number of nitrogens with one attached hydrogen (secondary N) is 1. The summed E-state index contributed by atoms with van der Waals surface area (Å²) < 4.78 is 0. The van der Waals surface area contributed by atoms with Crippen LogP contribution in [0.25, 0.3) is 0 Å². The first-order valence-corrected chi connectivity index (χ1v) is 8.93. The van der Waals surface area contributed by atoms with E-state index in [4.69, 9.17) is 0 Å². The Labute approximate surface area is 131 Å². The van der Waals surface area contributed by atoms with Crippen LogP contribution >= 0.6 is 0 Å². The number of nitrogens with zero attached hydrogens (tertiary/aromatic N) is 1. The summed E-state index contributed by atoms with van der Waals surface area (Å²) in [5.74, 6) is 0. The Kier molecular flexibility index (Phi) is 11.1. The quantitative estimate of drug-likeness (QED) is 0.509. The van der Waals surface area contributed by atoms with Gasteiger partial charge < -0.3 is 5.32 Å². The van der Waals surface area contributed by atoms with Crippen molar-refractivity contribution >= 4 is 0 Å². The van der Waals surface area contributed by atoms with Gasteiger partial charge in [-0.3, -0.25) is 4.98 Å². The minimum atomic E-state index is 0.665. The molecule has 0 aliphatic heterocycles. The van der Waals surface area contributed by atoms with Crippen molar-refractivity contribution in [2.24, 2.45) is 0 Å². The molecular weight excluding hydrogens is 256 g/mol. The molecule has 1 aromatic heterocycles. The van der Waals surface area contributed by atoms with Crippen molar-refractivity contribution in [2.45, 2.75) is 83.6 Å². The number of hydrogen-bond acceptors (Lipinski definition) is 2. The summed E-state index contributed by atoms with van der Waals surface area (Å²) in [4.78, 5) is 4.07. The lowest BCUT2D eigenvalue weighted by molar-refractivity contribution is 0.456. The molecule has 1 aromatic rings. The fourth-order valence-corrected chi connectivity index (χ4v) is 2.85. The molecule has 0 saturated heterocycles. The number of unbranched alkanes of at least 4 members (excludes halogenated alkanes) is 7. The highest BCUT2D eigenvalue weighted by molar-refractivity contribution is 5.09. The predicted molar refractivity (Wildman–Crippen MR) is 92.6 cm³/mol. The molecule has 1 unspecified atom stereocenters. The summed E-state index contributed by atoms with van der Waals surface area (Å²) >= 11 is 0. The second kappa shape index (κ2) is 12.8. The highest BCUT2D eigenvalue weighted by Crippen LogP contribution is 2.13. The van der Waals surface area contributed by atoms with Crippen molar-refractivity contribution in [1.82, 2.24) is 10.3 Å². The second-order valence-corrected chi connectivity index (χ2v) is 6.14. The van der Waals surface area contributed by atoms with Crippen LogP contribution in [0.2, 0.25) is 0 Å². The highest BCUT2D eigenvalue weighted by Gasteiger charge is 2.06. The first-order chi connectivity index (χ1) is 10.4. The van der Waals surface area contributed by atoms with Crippen LogP contribution in [0.3, 0.4) is 0 Å². The Morgan fingerprint density at radius 3 is 2.14 bits per heavy atom. The molecule has 1 N–H and O–H groups in total. The van der Waals surface area contributed by atoms with E-state index in [1.165, 1.54) is 69.8 Å². The van der Waals surface area contributed by atoms with E-state index in [0.29, 0.717) is 6.04 Å². The average molecular weight is 290 g/mol. The average Bonchev–Trinajstić information content (AvgIpc) is 2.54. The summed E-state index contributed by atoms with van der Waals surface area (Å²) in [6.07, 6.45) is 18.7. The molecule has 2 nitrogen and oxygen atoms in total. The first kappa shape index (κ1) is 18.2.